The van der Waals surface area contributed by atoms with E-state index in [2.05, 4.69) is 15.0 Å². The molecule has 1 N–H and O–H groups in total. The van der Waals surface area contributed by atoms with Gasteiger partial charge in [-0.25, -0.2) is 15.0 Å². The number of ether oxygens (including phenoxy) is 1. The minimum absolute atomic E-state index is 0.137. The molecule has 6 rings (SSSR count). The van der Waals surface area contributed by atoms with Crippen molar-refractivity contribution < 1.29 is 23.4 Å². The number of carbonyl (C=O) groups is 1. The molecular weight excluding hydrogens is 468 g/mol. The number of aliphatic carboxylic acids is 1. The van der Waals surface area contributed by atoms with Gasteiger partial charge in [-0.05, 0) is 43.0 Å². The van der Waals surface area contributed by atoms with Crippen LogP contribution >= 0.6 is 0 Å². The number of para-hydroxylation sites is 1. The third-order valence-corrected chi connectivity index (χ3v) is 7.28. The third-order valence-electron chi connectivity index (χ3n) is 7.28. The SMILES string of the molecule is Cc1nc2ccc(-c3cnc(N4C[C@@H]5C[C@]5(C(=O)O)C4)nc3)cc2n1Cc1ccccc1OC(F)F. The van der Waals surface area contributed by atoms with E-state index in [9.17, 15) is 18.7 Å². The van der Waals surface area contributed by atoms with Gasteiger partial charge in [0.05, 0.1) is 23.0 Å². The molecule has 2 aromatic heterocycles. The van der Waals surface area contributed by atoms with Crippen molar-refractivity contribution in [2.24, 2.45) is 11.3 Å². The molecule has 1 aliphatic carbocycles. The van der Waals surface area contributed by atoms with Crippen molar-refractivity contribution >= 4 is 23.0 Å². The Balaban J connectivity index is 1.28. The predicted octanol–water partition coefficient (Wildman–Crippen LogP) is 4.36. The summed E-state index contributed by atoms with van der Waals surface area (Å²) < 4.78 is 32.4. The molecule has 0 bridgehead atoms. The smallest absolute Gasteiger partial charge is 0.387 e. The highest BCUT2D eigenvalue weighted by atomic mass is 19.3. The average Bonchev–Trinajstić information content (AvgIpc) is 3.29. The van der Waals surface area contributed by atoms with Crippen LogP contribution < -0.4 is 9.64 Å². The Kier molecular flexibility index (Phi) is 5.13. The Morgan fingerprint density at radius 3 is 2.69 bits per heavy atom. The number of carboxylic acid groups (broad SMARTS) is 1. The second kappa shape index (κ2) is 8.25. The highest BCUT2D eigenvalue weighted by Crippen LogP contribution is 2.58. The zero-order valence-corrected chi connectivity index (χ0v) is 19.4. The van der Waals surface area contributed by atoms with E-state index in [4.69, 9.17) is 4.74 Å². The Bertz CT molecular complexity index is 1470. The third kappa shape index (κ3) is 3.73. The van der Waals surface area contributed by atoms with Crippen LogP contribution in [0.15, 0.2) is 54.9 Å². The molecule has 0 radical (unpaired) electrons. The molecule has 0 unspecified atom stereocenters. The van der Waals surface area contributed by atoms with Crippen LogP contribution in [-0.2, 0) is 11.3 Å². The van der Waals surface area contributed by atoms with Gasteiger partial charge in [0.15, 0.2) is 0 Å². The molecule has 0 amide bonds. The van der Waals surface area contributed by atoms with Crippen molar-refractivity contribution in [3.63, 3.8) is 0 Å². The fourth-order valence-electron chi connectivity index (χ4n) is 5.24. The number of imidazole rings is 1. The molecule has 1 aliphatic heterocycles. The summed E-state index contributed by atoms with van der Waals surface area (Å²) in [6.07, 6.45) is 4.20. The first-order valence-corrected chi connectivity index (χ1v) is 11.6. The lowest BCUT2D eigenvalue weighted by atomic mass is 10.1. The number of fused-ring (bicyclic) bond motifs is 2. The Labute approximate surface area is 205 Å². The molecule has 2 fully saturated rings. The van der Waals surface area contributed by atoms with E-state index >= 15 is 0 Å². The summed E-state index contributed by atoms with van der Waals surface area (Å²) in [6, 6.07) is 12.6. The van der Waals surface area contributed by atoms with Crippen LogP contribution in [0.3, 0.4) is 0 Å². The second-order valence-electron chi connectivity index (χ2n) is 9.45. The quantitative estimate of drug-likeness (QED) is 0.411. The minimum Gasteiger partial charge on any atom is -0.481 e. The van der Waals surface area contributed by atoms with E-state index < -0.39 is 18.0 Å². The summed E-state index contributed by atoms with van der Waals surface area (Å²) in [5.41, 5.74) is 3.33. The zero-order chi connectivity index (χ0) is 25.0. The minimum atomic E-state index is -2.90. The molecule has 1 saturated heterocycles. The van der Waals surface area contributed by atoms with Crippen molar-refractivity contribution in [3.8, 4) is 16.9 Å². The van der Waals surface area contributed by atoms with Gasteiger partial charge in [-0.15, -0.1) is 0 Å². The first-order chi connectivity index (χ1) is 17.3. The number of benzene rings is 2. The van der Waals surface area contributed by atoms with Crippen molar-refractivity contribution in [1.29, 1.82) is 0 Å². The average molecular weight is 491 g/mol. The van der Waals surface area contributed by atoms with Gasteiger partial charge in [0, 0.05) is 36.6 Å². The van der Waals surface area contributed by atoms with E-state index in [1.807, 2.05) is 34.6 Å². The fraction of sp³-hybridized carbons (Fsp3) is 0.308. The van der Waals surface area contributed by atoms with E-state index in [-0.39, 0.29) is 11.7 Å². The monoisotopic (exact) mass is 491 g/mol. The van der Waals surface area contributed by atoms with Gasteiger partial charge in [0.1, 0.15) is 11.6 Å². The number of carboxylic acids is 1. The largest absolute Gasteiger partial charge is 0.481 e. The van der Waals surface area contributed by atoms with Crippen molar-refractivity contribution in [1.82, 2.24) is 19.5 Å². The van der Waals surface area contributed by atoms with Crippen LogP contribution in [0.1, 0.15) is 17.8 Å². The summed E-state index contributed by atoms with van der Waals surface area (Å²) in [5.74, 6) is 0.846. The summed E-state index contributed by atoms with van der Waals surface area (Å²) >= 11 is 0. The first kappa shape index (κ1) is 22.4. The van der Waals surface area contributed by atoms with Crippen LogP contribution in [0, 0.1) is 18.3 Å². The van der Waals surface area contributed by atoms with Gasteiger partial charge in [-0.1, -0.05) is 24.3 Å². The van der Waals surface area contributed by atoms with Crippen LogP contribution in [0.4, 0.5) is 14.7 Å². The molecule has 10 heteroatoms. The molecule has 0 spiro atoms. The van der Waals surface area contributed by atoms with Crippen LogP contribution in [-0.4, -0.2) is 50.3 Å². The van der Waals surface area contributed by atoms with Gasteiger partial charge in [0.2, 0.25) is 5.95 Å². The molecule has 2 atom stereocenters. The molecule has 3 heterocycles. The first-order valence-electron chi connectivity index (χ1n) is 11.6. The second-order valence-corrected chi connectivity index (χ2v) is 9.45. The lowest BCUT2D eigenvalue weighted by molar-refractivity contribution is -0.143. The standard InChI is InChI=1S/C26H23F2N5O3/c1-15-31-20-7-6-16(8-21(20)33(15)12-17-4-2-3-5-22(17)36-24(27)28)18-10-29-25(30-11-18)32-13-19-9-26(19,14-32)23(34)35/h2-8,10-11,19,24H,9,12-14H2,1H3,(H,34,35)/t19-,26-/m0/s1. The van der Waals surface area contributed by atoms with Gasteiger partial charge in [0.25, 0.3) is 0 Å². The maximum Gasteiger partial charge on any atom is 0.387 e. The van der Waals surface area contributed by atoms with Gasteiger partial charge in [-0.2, -0.15) is 8.78 Å². The van der Waals surface area contributed by atoms with Crippen molar-refractivity contribution in [2.45, 2.75) is 26.5 Å². The number of alkyl halides is 2. The number of aromatic nitrogens is 4. The van der Waals surface area contributed by atoms with Gasteiger partial charge >= 0.3 is 12.6 Å². The number of piperidine rings is 1. The van der Waals surface area contributed by atoms with Crippen molar-refractivity contribution in [2.75, 3.05) is 18.0 Å². The number of rotatable bonds is 7. The molecular formula is C26H23F2N5O3. The normalized spacial score (nSPS) is 20.7. The number of halogens is 2. The molecule has 184 valence electrons. The Morgan fingerprint density at radius 2 is 1.97 bits per heavy atom. The van der Waals surface area contributed by atoms with E-state index in [0.717, 1.165) is 34.4 Å². The highest BCUT2D eigenvalue weighted by Gasteiger charge is 2.65. The topological polar surface area (TPSA) is 93.4 Å². The van der Waals surface area contributed by atoms with Gasteiger partial charge < -0.3 is 19.3 Å². The predicted molar refractivity (Wildman–Crippen MR) is 128 cm³/mol. The van der Waals surface area contributed by atoms with Crippen LogP contribution in [0.5, 0.6) is 5.75 Å². The lowest BCUT2D eigenvalue weighted by Gasteiger charge is -2.19. The molecule has 2 aromatic carbocycles. The maximum atomic E-state index is 12.9. The maximum absolute atomic E-state index is 12.9. The molecule has 1 saturated carbocycles. The molecule has 4 aromatic rings. The van der Waals surface area contributed by atoms with E-state index in [1.54, 1.807) is 30.6 Å². The number of nitrogens with zero attached hydrogens (tertiary/aromatic N) is 5. The number of aryl methyl sites for hydroxylation is 1. The van der Waals surface area contributed by atoms with E-state index in [1.165, 1.54) is 6.07 Å². The fourth-order valence-corrected chi connectivity index (χ4v) is 5.24. The molecule has 36 heavy (non-hydrogen) atoms. The Morgan fingerprint density at radius 1 is 1.19 bits per heavy atom. The summed E-state index contributed by atoms with van der Waals surface area (Å²) in [6.45, 7) is 0.396. The summed E-state index contributed by atoms with van der Waals surface area (Å²) in [4.78, 5) is 27.2. The lowest BCUT2D eigenvalue weighted by Crippen LogP contribution is -2.29. The Hall–Kier alpha value is -4.08. The number of hydrogen-bond donors (Lipinski definition) is 1. The summed E-state index contributed by atoms with van der Waals surface area (Å²) in [5, 5.41) is 9.51. The van der Waals surface area contributed by atoms with E-state index in [0.29, 0.717) is 31.1 Å². The van der Waals surface area contributed by atoms with Gasteiger partial charge in [-0.3, -0.25) is 4.79 Å². The molecule has 2 aliphatic rings. The zero-order valence-electron chi connectivity index (χ0n) is 19.4. The summed E-state index contributed by atoms with van der Waals surface area (Å²) in [7, 11) is 0. The van der Waals surface area contributed by atoms with Crippen molar-refractivity contribution in [3.05, 3.63) is 66.2 Å². The highest BCUT2D eigenvalue weighted by molar-refractivity contribution is 5.83. The number of hydrogen-bond acceptors (Lipinski definition) is 6. The van der Waals surface area contributed by atoms with Crippen LogP contribution in [0.2, 0.25) is 0 Å². The molecule has 8 nitrogen and oxygen atoms in total. The van der Waals surface area contributed by atoms with Crippen LogP contribution in [0.25, 0.3) is 22.2 Å². The number of anilines is 1.